The standard InChI is InChI=1S/C19H32N4O3S.ClH/c1-5-23(6-2)27(25,26)15-9-10-17(22-11-7-8-12-22)16(13-15)18(24)21-14-19(3,4)20;/h9-10,13H,5-8,11-12,14,20H2,1-4H3,(H,21,24);1H. The van der Waals surface area contributed by atoms with Crippen LogP contribution in [0.1, 0.15) is 50.9 Å². The summed E-state index contributed by atoms with van der Waals surface area (Å²) in [5.74, 6) is -0.299. The van der Waals surface area contributed by atoms with Gasteiger partial charge in [-0.3, -0.25) is 4.79 Å². The molecule has 1 aliphatic rings. The SMILES string of the molecule is CCN(CC)S(=O)(=O)c1ccc(N2CCCC2)c(C(=O)NCC(C)(C)N)c1.Cl. The van der Waals surface area contributed by atoms with Crippen molar-refractivity contribution in [2.24, 2.45) is 5.73 Å². The monoisotopic (exact) mass is 432 g/mol. The highest BCUT2D eigenvalue weighted by atomic mass is 35.5. The normalized spacial score (nSPS) is 14.9. The van der Waals surface area contributed by atoms with E-state index in [0.717, 1.165) is 31.6 Å². The molecule has 160 valence electrons. The minimum absolute atomic E-state index is 0. The zero-order valence-electron chi connectivity index (χ0n) is 17.2. The van der Waals surface area contributed by atoms with Gasteiger partial charge in [0.05, 0.1) is 10.5 Å². The highest BCUT2D eigenvalue weighted by Gasteiger charge is 2.26. The van der Waals surface area contributed by atoms with E-state index in [-0.39, 0.29) is 23.2 Å². The Labute approximate surface area is 175 Å². The van der Waals surface area contributed by atoms with E-state index in [1.165, 1.54) is 10.4 Å². The van der Waals surface area contributed by atoms with E-state index < -0.39 is 15.6 Å². The maximum Gasteiger partial charge on any atom is 0.253 e. The number of hydrogen-bond acceptors (Lipinski definition) is 5. The first kappa shape index (κ1) is 24.7. The van der Waals surface area contributed by atoms with Crippen molar-refractivity contribution in [2.45, 2.75) is 51.0 Å². The van der Waals surface area contributed by atoms with Crippen molar-refractivity contribution in [3.8, 4) is 0 Å². The average Bonchev–Trinajstić information content (AvgIpc) is 3.13. The fourth-order valence-electron chi connectivity index (χ4n) is 3.21. The third-order valence-electron chi connectivity index (χ3n) is 4.71. The predicted molar refractivity (Wildman–Crippen MR) is 116 cm³/mol. The van der Waals surface area contributed by atoms with Gasteiger partial charge in [-0.1, -0.05) is 13.8 Å². The summed E-state index contributed by atoms with van der Waals surface area (Å²) in [4.78, 5) is 15.1. The minimum atomic E-state index is -3.63. The van der Waals surface area contributed by atoms with Crippen molar-refractivity contribution < 1.29 is 13.2 Å². The molecule has 1 aromatic rings. The van der Waals surface area contributed by atoms with Crippen molar-refractivity contribution in [2.75, 3.05) is 37.6 Å². The lowest BCUT2D eigenvalue weighted by atomic mass is 10.1. The molecule has 1 saturated heterocycles. The summed E-state index contributed by atoms with van der Waals surface area (Å²) in [5.41, 5.74) is 6.58. The van der Waals surface area contributed by atoms with Crippen LogP contribution in [0.5, 0.6) is 0 Å². The highest BCUT2D eigenvalue weighted by molar-refractivity contribution is 7.89. The Morgan fingerprint density at radius 3 is 2.29 bits per heavy atom. The first-order chi connectivity index (χ1) is 12.6. The van der Waals surface area contributed by atoms with Gasteiger partial charge in [-0.25, -0.2) is 8.42 Å². The Hall–Kier alpha value is -1.35. The van der Waals surface area contributed by atoms with E-state index in [1.807, 2.05) is 13.8 Å². The summed E-state index contributed by atoms with van der Waals surface area (Å²) in [5, 5.41) is 2.84. The molecular formula is C19H33ClN4O3S. The molecule has 0 spiro atoms. The summed E-state index contributed by atoms with van der Waals surface area (Å²) >= 11 is 0. The number of carbonyl (C=O) groups excluding carboxylic acids is 1. The van der Waals surface area contributed by atoms with Gasteiger partial charge in [0, 0.05) is 44.0 Å². The lowest BCUT2D eigenvalue weighted by Crippen LogP contribution is -2.45. The molecule has 9 heteroatoms. The molecular weight excluding hydrogens is 400 g/mol. The topological polar surface area (TPSA) is 95.7 Å². The molecule has 0 bridgehead atoms. The van der Waals surface area contributed by atoms with Gasteiger partial charge in [-0.15, -0.1) is 12.4 Å². The van der Waals surface area contributed by atoms with E-state index in [0.29, 0.717) is 25.2 Å². The molecule has 0 atom stereocenters. The molecule has 0 unspecified atom stereocenters. The van der Waals surface area contributed by atoms with E-state index in [1.54, 1.807) is 26.0 Å². The smallest absolute Gasteiger partial charge is 0.253 e. The second-order valence-corrected chi connectivity index (χ2v) is 9.57. The van der Waals surface area contributed by atoms with Crippen LogP contribution >= 0.6 is 12.4 Å². The van der Waals surface area contributed by atoms with Gasteiger partial charge in [-0.2, -0.15) is 4.31 Å². The molecule has 1 fully saturated rings. The van der Waals surface area contributed by atoms with Crippen LogP contribution in [0.4, 0.5) is 5.69 Å². The van der Waals surface area contributed by atoms with Gasteiger partial charge in [-0.05, 0) is 44.9 Å². The van der Waals surface area contributed by atoms with Crippen LogP contribution in [0.2, 0.25) is 0 Å². The van der Waals surface area contributed by atoms with Crippen molar-refractivity contribution >= 4 is 34.0 Å². The number of amides is 1. The van der Waals surface area contributed by atoms with Gasteiger partial charge in [0.1, 0.15) is 0 Å². The molecule has 0 saturated carbocycles. The Kier molecular flexibility index (Phi) is 8.74. The summed E-state index contributed by atoms with van der Waals surface area (Å²) in [6, 6.07) is 4.86. The lowest BCUT2D eigenvalue weighted by molar-refractivity contribution is 0.0946. The summed E-state index contributed by atoms with van der Waals surface area (Å²) in [6.45, 7) is 10.1. The molecule has 1 amide bonds. The molecule has 2 rings (SSSR count). The van der Waals surface area contributed by atoms with Crippen LogP contribution in [-0.2, 0) is 10.0 Å². The highest BCUT2D eigenvalue weighted by Crippen LogP contribution is 2.28. The van der Waals surface area contributed by atoms with Gasteiger partial charge in [0.2, 0.25) is 10.0 Å². The first-order valence-corrected chi connectivity index (χ1v) is 11.0. The summed E-state index contributed by atoms with van der Waals surface area (Å²) in [7, 11) is -3.63. The number of nitrogens with zero attached hydrogens (tertiary/aromatic N) is 2. The molecule has 1 heterocycles. The van der Waals surface area contributed by atoms with Crippen LogP contribution < -0.4 is 16.0 Å². The van der Waals surface area contributed by atoms with Crippen LogP contribution in [0, 0.1) is 0 Å². The van der Waals surface area contributed by atoms with Gasteiger partial charge < -0.3 is 16.0 Å². The molecule has 1 aromatic carbocycles. The number of rotatable bonds is 8. The number of nitrogens with two attached hydrogens (primary N) is 1. The fraction of sp³-hybridized carbons (Fsp3) is 0.632. The number of hydrogen-bond donors (Lipinski definition) is 2. The largest absolute Gasteiger partial charge is 0.371 e. The van der Waals surface area contributed by atoms with Gasteiger partial charge >= 0.3 is 0 Å². The average molecular weight is 433 g/mol. The molecule has 0 aromatic heterocycles. The maximum absolute atomic E-state index is 12.9. The van der Waals surface area contributed by atoms with Gasteiger partial charge in [0.25, 0.3) is 5.91 Å². The van der Waals surface area contributed by atoms with Crippen molar-refractivity contribution in [1.29, 1.82) is 0 Å². The quantitative estimate of drug-likeness (QED) is 0.656. The molecule has 0 aliphatic carbocycles. The molecule has 28 heavy (non-hydrogen) atoms. The number of halogens is 1. The molecule has 0 radical (unpaired) electrons. The minimum Gasteiger partial charge on any atom is -0.371 e. The van der Waals surface area contributed by atoms with Gasteiger partial charge in [0.15, 0.2) is 0 Å². The number of benzene rings is 1. The van der Waals surface area contributed by atoms with E-state index in [9.17, 15) is 13.2 Å². The molecule has 1 aliphatic heterocycles. The summed E-state index contributed by atoms with van der Waals surface area (Å²) in [6.07, 6.45) is 2.13. The maximum atomic E-state index is 12.9. The number of anilines is 1. The van der Waals surface area contributed by atoms with Crippen molar-refractivity contribution in [3.63, 3.8) is 0 Å². The second-order valence-electron chi connectivity index (χ2n) is 7.63. The lowest BCUT2D eigenvalue weighted by Gasteiger charge is -2.24. The molecule has 7 nitrogen and oxygen atoms in total. The first-order valence-electron chi connectivity index (χ1n) is 9.56. The van der Waals surface area contributed by atoms with E-state index in [2.05, 4.69) is 10.2 Å². The fourth-order valence-corrected chi connectivity index (χ4v) is 4.69. The van der Waals surface area contributed by atoms with Crippen LogP contribution in [0.3, 0.4) is 0 Å². The van der Waals surface area contributed by atoms with Crippen LogP contribution in [-0.4, -0.2) is 56.9 Å². The number of sulfonamides is 1. The van der Waals surface area contributed by atoms with E-state index >= 15 is 0 Å². The predicted octanol–water partition coefficient (Wildman–Crippen LogP) is 2.21. The molecule has 3 N–H and O–H groups in total. The number of nitrogens with one attached hydrogen (secondary N) is 1. The van der Waals surface area contributed by atoms with Crippen LogP contribution in [0.15, 0.2) is 23.1 Å². The zero-order valence-corrected chi connectivity index (χ0v) is 18.8. The van der Waals surface area contributed by atoms with Crippen molar-refractivity contribution in [1.82, 2.24) is 9.62 Å². The van der Waals surface area contributed by atoms with Crippen molar-refractivity contribution in [3.05, 3.63) is 23.8 Å². The summed E-state index contributed by atoms with van der Waals surface area (Å²) < 4.78 is 27.2. The second kappa shape index (κ2) is 9.91. The van der Waals surface area contributed by atoms with E-state index in [4.69, 9.17) is 5.73 Å². The Balaban J connectivity index is 0.00000392. The Bertz CT molecular complexity index is 768. The Morgan fingerprint density at radius 2 is 1.79 bits per heavy atom. The third-order valence-corrected chi connectivity index (χ3v) is 6.75. The van der Waals surface area contributed by atoms with Crippen LogP contribution in [0.25, 0.3) is 0 Å². The third kappa shape index (κ3) is 5.83. The number of carbonyl (C=O) groups is 1. The zero-order chi connectivity index (χ0) is 20.2. The Morgan fingerprint density at radius 1 is 1.21 bits per heavy atom.